The van der Waals surface area contributed by atoms with Crippen molar-refractivity contribution in [2.24, 2.45) is 0 Å². The Bertz CT molecular complexity index is 1380. The van der Waals surface area contributed by atoms with Gasteiger partial charge in [-0.05, 0) is 52.9 Å². The molecule has 1 aliphatic rings. The number of benzene rings is 4. The van der Waals surface area contributed by atoms with E-state index in [9.17, 15) is 4.79 Å². The van der Waals surface area contributed by atoms with Crippen molar-refractivity contribution in [3.05, 3.63) is 136 Å². The van der Waals surface area contributed by atoms with E-state index < -0.39 is 11.9 Å². The summed E-state index contributed by atoms with van der Waals surface area (Å²) in [5.74, 6) is -0.317. The van der Waals surface area contributed by atoms with Gasteiger partial charge >= 0.3 is 0 Å². The zero-order valence-corrected chi connectivity index (χ0v) is 23.3. The van der Waals surface area contributed by atoms with Gasteiger partial charge in [0.25, 0.3) is 0 Å². The van der Waals surface area contributed by atoms with Crippen molar-refractivity contribution in [1.82, 2.24) is 0 Å². The third-order valence-electron chi connectivity index (χ3n) is 7.20. The highest BCUT2D eigenvalue weighted by molar-refractivity contribution is 6.31. The van der Waals surface area contributed by atoms with Crippen LogP contribution in [-0.2, 0) is 44.4 Å². The monoisotopic (exact) mass is 556 g/mol. The Balaban J connectivity index is 1.30. The summed E-state index contributed by atoms with van der Waals surface area (Å²) in [6, 6.07) is 33.9. The highest BCUT2D eigenvalue weighted by Crippen LogP contribution is 2.41. The number of rotatable bonds is 11. The van der Waals surface area contributed by atoms with Crippen molar-refractivity contribution in [1.29, 1.82) is 0 Å². The molecule has 5 rings (SSSR count). The van der Waals surface area contributed by atoms with Gasteiger partial charge in [-0.15, -0.1) is 0 Å². The van der Waals surface area contributed by atoms with Crippen LogP contribution in [0.5, 0.6) is 5.75 Å². The molecule has 4 aromatic carbocycles. The third kappa shape index (κ3) is 6.98. The van der Waals surface area contributed by atoms with E-state index in [4.69, 9.17) is 30.5 Å². The number of hydrogen-bond acceptors (Lipinski definition) is 5. The van der Waals surface area contributed by atoms with E-state index in [2.05, 4.69) is 0 Å². The molecule has 0 amide bonds. The first-order valence-electron chi connectivity index (χ1n) is 13.5. The molecule has 1 aliphatic heterocycles. The second-order valence-corrected chi connectivity index (χ2v) is 10.4. The molecule has 0 aliphatic carbocycles. The lowest BCUT2D eigenvalue weighted by Gasteiger charge is -2.42. The molecule has 5 nitrogen and oxygen atoms in total. The first-order chi connectivity index (χ1) is 19.6. The molecular weight excluding hydrogens is 524 g/mol. The Morgan fingerprint density at radius 1 is 0.875 bits per heavy atom. The maximum atomic E-state index is 11.9. The molecule has 4 aromatic rings. The molecular formula is C34H33ClO5. The minimum absolute atomic E-state index is 0.216. The van der Waals surface area contributed by atoms with Crippen LogP contribution in [0, 0.1) is 0 Å². The van der Waals surface area contributed by atoms with Crippen molar-refractivity contribution in [3.63, 3.8) is 0 Å². The van der Waals surface area contributed by atoms with Crippen LogP contribution >= 0.6 is 11.6 Å². The first kappa shape index (κ1) is 28.1. The van der Waals surface area contributed by atoms with Crippen LogP contribution in [0.4, 0.5) is 0 Å². The number of hydrogen-bond donors (Lipinski definition) is 0. The van der Waals surface area contributed by atoms with Crippen LogP contribution in [-0.4, -0.2) is 25.6 Å². The van der Waals surface area contributed by atoms with Gasteiger partial charge in [-0.3, -0.25) is 0 Å². The molecule has 0 aromatic heterocycles. The molecule has 2 unspecified atom stereocenters. The zero-order valence-electron chi connectivity index (χ0n) is 22.5. The smallest absolute Gasteiger partial charge is 0.197 e. The molecule has 1 fully saturated rings. The average Bonchev–Trinajstić information content (AvgIpc) is 3.01. The van der Waals surface area contributed by atoms with E-state index >= 15 is 0 Å². The van der Waals surface area contributed by atoms with Crippen LogP contribution in [0.25, 0.3) is 0 Å². The Morgan fingerprint density at radius 3 is 2.20 bits per heavy atom. The minimum Gasteiger partial charge on any atom is -0.489 e. The highest BCUT2D eigenvalue weighted by Gasteiger charge is 2.44. The molecule has 0 N–H and O–H groups in total. The summed E-state index contributed by atoms with van der Waals surface area (Å²) >= 11 is 6.64. The van der Waals surface area contributed by atoms with E-state index in [1.807, 2.05) is 103 Å². The molecule has 206 valence electrons. The Labute approximate surface area is 240 Å². The standard InChI is InChI=1S/C34H33ClO5/c1-37-34(21-31(20-32(22-36)40-34)39-24-27-10-6-3-7-11-27)29-14-17-33(35)28(19-29)18-25-12-15-30(16-13-25)38-23-26-8-4-2-5-9-26/h2-17,19,22,31-32H,18,20-21,23-24H2,1H3/t31?,32?,34-/m1/s1. The SMILES string of the molecule is CO[C@]1(c2ccc(Cl)c(Cc3ccc(OCc4ccccc4)cc3)c2)CC(OCc2ccccc2)CC(C=O)O1. The maximum absolute atomic E-state index is 11.9. The van der Waals surface area contributed by atoms with Gasteiger partial charge < -0.3 is 23.7 Å². The van der Waals surface area contributed by atoms with Crippen LogP contribution < -0.4 is 4.74 Å². The van der Waals surface area contributed by atoms with Crippen LogP contribution in [0.1, 0.15) is 40.7 Å². The summed E-state index contributed by atoms with van der Waals surface area (Å²) in [6.07, 6.45) is 1.51. The topological polar surface area (TPSA) is 54.0 Å². The van der Waals surface area contributed by atoms with Crippen molar-refractivity contribution >= 4 is 17.9 Å². The Hall–Kier alpha value is -3.48. The Morgan fingerprint density at radius 2 is 1.55 bits per heavy atom. The zero-order chi connectivity index (χ0) is 27.8. The number of ether oxygens (including phenoxy) is 4. The van der Waals surface area contributed by atoms with E-state index in [1.54, 1.807) is 7.11 Å². The highest BCUT2D eigenvalue weighted by atomic mass is 35.5. The second kappa shape index (κ2) is 13.2. The summed E-state index contributed by atoms with van der Waals surface area (Å²) < 4.78 is 24.4. The molecule has 1 saturated heterocycles. The molecule has 1 heterocycles. The van der Waals surface area contributed by atoms with Crippen LogP contribution in [0.2, 0.25) is 5.02 Å². The summed E-state index contributed by atoms with van der Waals surface area (Å²) in [7, 11) is 1.60. The van der Waals surface area contributed by atoms with Gasteiger partial charge in [-0.1, -0.05) is 90.5 Å². The van der Waals surface area contributed by atoms with Gasteiger partial charge in [0.2, 0.25) is 0 Å². The van der Waals surface area contributed by atoms with E-state index in [0.717, 1.165) is 39.9 Å². The van der Waals surface area contributed by atoms with Crippen molar-refractivity contribution in [2.75, 3.05) is 7.11 Å². The molecule has 0 spiro atoms. The fourth-order valence-corrected chi connectivity index (χ4v) is 5.21. The van der Waals surface area contributed by atoms with E-state index in [0.29, 0.717) is 37.5 Å². The fourth-order valence-electron chi connectivity index (χ4n) is 5.03. The third-order valence-corrected chi connectivity index (χ3v) is 7.56. The average molecular weight is 557 g/mol. The number of aldehydes is 1. The molecule has 3 atom stereocenters. The van der Waals surface area contributed by atoms with Gasteiger partial charge in [0, 0.05) is 30.5 Å². The Kier molecular flexibility index (Phi) is 9.30. The minimum atomic E-state index is -1.13. The van der Waals surface area contributed by atoms with Crippen LogP contribution in [0.15, 0.2) is 103 Å². The number of halogens is 1. The van der Waals surface area contributed by atoms with Crippen molar-refractivity contribution < 1.29 is 23.7 Å². The lowest BCUT2D eigenvalue weighted by atomic mass is 9.90. The van der Waals surface area contributed by atoms with E-state index in [-0.39, 0.29) is 6.10 Å². The summed E-state index contributed by atoms with van der Waals surface area (Å²) in [4.78, 5) is 11.9. The van der Waals surface area contributed by atoms with Gasteiger partial charge in [0.1, 0.15) is 24.7 Å². The largest absolute Gasteiger partial charge is 0.489 e. The fraction of sp³-hybridized carbons (Fsp3) is 0.265. The number of methoxy groups -OCH3 is 1. The molecule has 0 radical (unpaired) electrons. The van der Waals surface area contributed by atoms with Gasteiger partial charge in [-0.2, -0.15) is 0 Å². The summed E-state index contributed by atoms with van der Waals surface area (Å²) in [5.41, 5.74) is 5.03. The summed E-state index contributed by atoms with van der Waals surface area (Å²) in [6.45, 7) is 0.971. The molecule has 6 heteroatoms. The number of carbonyl (C=O) groups excluding carboxylic acids is 1. The first-order valence-corrected chi connectivity index (χ1v) is 13.8. The van der Waals surface area contributed by atoms with Crippen LogP contribution in [0.3, 0.4) is 0 Å². The predicted octanol–water partition coefficient (Wildman–Crippen LogP) is 7.27. The van der Waals surface area contributed by atoms with Gasteiger partial charge in [0.05, 0.1) is 12.7 Å². The van der Waals surface area contributed by atoms with E-state index in [1.165, 1.54) is 0 Å². The van der Waals surface area contributed by atoms with Crippen molar-refractivity contribution in [2.45, 2.75) is 50.5 Å². The lowest BCUT2D eigenvalue weighted by molar-refractivity contribution is -0.291. The molecule has 0 saturated carbocycles. The molecule has 0 bridgehead atoms. The predicted molar refractivity (Wildman–Crippen MR) is 155 cm³/mol. The van der Waals surface area contributed by atoms with Gasteiger partial charge in [-0.25, -0.2) is 0 Å². The second-order valence-electron chi connectivity index (χ2n) is 10.0. The quantitative estimate of drug-likeness (QED) is 0.182. The molecule has 40 heavy (non-hydrogen) atoms. The number of carbonyl (C=O) groups is 1. The van der Waals surface area contributed by atoms with Gasteiger partial charge in [0.15, 0.2) is 5.79 Å². The maximum Gasteiger partial charge on any atom is 0.197 e. The summed E-state index contributed by atoms with van der Waals surface area (Å²) in [5, 5.41) is 0.652. The van der Waals surface area contributed by atoms with Crippen molar-refractivity contribution in [3.8, 4) is 5.75 Å². The lowest BCUT2D eigenvalue weighted by Crippen LogP contribution is -2.46. The normalized spacial score (nSPS) is 20.6.